The molecule has 1 rings (SSSR count). The van der Waals surface area contributed by atoms with Gasteiger partial charge in [-0.3, -0.25) is 0 Å². The van der Waals surface area contributed by atoms with Crippen molar-refractivity contribution < 1.29 is 4.74 Å². The standard InChI is InChI=1S/C11H18N2O/c1-4-8(2)13-11-6-5-9(14-3)7-10(11)12/h5-8,13H,4,12H2,1-3H3. The Morgan fingerprint density at radius 2 is 2.21 bits per heavy atom. The Kier molecular flexibility index (Phi) is 3.63. The molecule has 0 heterocycles. The summed E-state index contributed by atoms with van der Waals surface area (Å²) in [5, 5.41) is 3.33. The van der Waals surface area contributed by atoms with E-state index in [2.05, 4.69) is 19.2 Å². The van der Waals surface area contributed by atoms with Crippen molar-refractivity contribution >= 4 is 11.4 Å². The van der Waals surface area contributed by atoms with Crippen molar-refractivity contribution in [3.63, 3.8) is 0 Å². The van der Waals surface area contributed by atoms with E-state index in [4.69, 9.17) is 10.5 Å². The van der Waals surface area contributed by atoms with Gasteiger partial charge in [-0.25, -0.2) is 0 Å². The van der Waals surface area contributed by atoms with Crippen molar-refractivity contribution in [2.45, 2.75) is 26.3 Å². The van der Waals surface area contributed by atoms with Crippen LogP contribution in [-0.2, 0) is 0 Å². The summed E-state index contributed by atoms with van der Waals surface area (Å²) in [7, 11) is 1.64. The van der Waals surface area contributed by atoms with Crippen molar-refractivity contribution in [3.8, 4) is 5.75 Å². The molecule has 0 aliphatic carbocycles. The lowest BCUT2D eigenvalue weighted by Crippen LogP contribution is -2.14. The molecule has 3 nitrogen and oxygen atoms in total. The highest BCUT2D eigenvalue weighted by atomic mass is 16.5. The lowest BCUT2D eigenvalue weighted by Gasteiger charge is -2.15. The van der Waals surface area contributed by atoms with Gasteiger partial charge in [0, 0.05) is 12.1 Å². The molecule has 0 spiro atoms. The minimum absolute atomic E-state index is 0.436. The fourth-order valence-corrected chi connectivity index (χ4v) is 1.17. The number of nitrogens with one attached hydrogen (secondary N) is 1. The summed E-state index contributed by atoms with van der Waals surface area (Å²) < 4.78 is 5.07. The summed E-state index contributed by atoms with van der Waals surface area (Å²) in [6.07, 6.45) is 1.07. The Balaban J connectivity index is 2.78. The van der Waals surface area contributed by atoms with Crippen LogP contribution in [0.15, 0.2) is 18.2 Å². The first-order valence-electron chi connectivity index (χ1n) is 4.87. The first-order chi connectivity index (χ1) is 6.67. The molecule has 0 bridgehead atoms. The summed E-state index contributed by atoms with van der Waals surface area (Å²) in [6.45, 7) is 4.26. The maximum Gasteiger partial charge on any atom is 0.121 e. The Bertz CT molecular complexity index is 299. The lowest BCUT2D eigenvalue weighted by molar-refractivity contribution is 0.415. The molecule has 1 aromatic rings. The van der Waals surface area contributed by atoms with Gasteiger partial charge >= 0.3 is 0 Å². The minimum atomic E-state index is 0.436. The van der Waals surface area contributed by atoms with Gasteiger partial charge in [0.25, 0.3) is 0 Å². The van der Waals surface area contributed by atoms with Gasteiger partial charge in [-0.1, -0.05) is 6.92 Å². The second-order valence-electron chi connectivity index (χ2n) is 3.41. The Labute approximate surface area is 85.3 Å². The van der Waals surface area contributed by atoms with Gasteiger partial charge in [-0.05, 0) is 25.5 Å². The fraction of sp³-hybridized carbons (Fsp3) is 0.455. The van der Waals surface area contributed by atoms with E-state index in [1.54, 1.807) is 7.11 Å². The lowest BCUT2D eigenvalue weighted by atomic mass is 10.2. The minimum Gasteiger partial charge on any atom is -0.497 e. The molecule has 78 valence electrons. The number of nitrogen functional groups attached to an aromatic ring is 1. The first kappa shape index (κ1) is 10.7. The van der Waals surface area contributed by atoms with E-state index in [1.165, 1.54) is 0 Å². The second-order valence-corrected chi connectivity index (χ2v) is 3.41. The van der Waals surface area contributed by atoms with Gasteiger partial charge in [-0.15, -0.1) is 0 Å². The summed E-state index contributed by atoms with van der Waals surface area (Å²) in [6, 6.07) is 6.11. The molecule has 14 heavy (non-hydrogen) atoms. The molecule has 1 aromatic carbocycles. The van der Waals surface area contributed by atoms with Crippen LogP contribution in [-0.4, -0.2) is 13.2 Å². The number of hydrogen-bond donors (Lipinski definition) is 2. The fourth-order valence-electron chi connectivity index (χ4n) is 1.17. The summed E-state index contributed by atoms with van der Waals surface area (Å²) in [4.78, 5) is 0. The van der Waals surface area contributed by atoms with Crippen molar-refractivity contribution in [3.05, 3.63) is 18.2 Å². The zero-order valence-corrected chi connectivity index (χ0v) is 9.00. The van der Waals surface area contributed by atoms with Crippen LogP contribution < -0.4 is 15.8 Å². The molecule has 0 amide bonds. The van der Waals surface area contributed by atoms with E-state index in [0.717, 1.165) is 23.5 Å². The summed E-state index contributed by atoms with van der Waals surface area (Å²) in [5.74, 6) is 0.789. The average Bonchev–Trinajstić information content (AvgIpc) is 2.20. The molecule has 1 unspecified atom stereocenters. The van der Waals surface area contributed by atoms with E-state index in [1.807, 2.05) is 18.2 Å². The van der Waals surface area contributed by atoms with Crippen LogP contribution in [0.4, 0.5) is 11.4 Å². The van der Waals surface area contributed by atoms with E-state index >= 15 is 0 Å². The van der Waals surface area contributed by atoms with Gasteiger partial charge in [-0.2, -0.15) is 0 Å². The average molecular weight is 194 g/mol. The van der Waals surface area contributed by atoms with Crippen LogP contribution >= 0.6 is 0 Å². The van der Waals surface area contributed by atoms with Crippen LogP contribution in [0.5, 0.6) is 5.75 Å². The highest BCUT2D eigenvalue weighted by Crippen LogP contribution is 2.24. The Morgan fingerprint density at radius 1 is 1.50 bits per heavy atom. The monoisotopic (exact) mass is 194 g/mol. The highest BCUT2D eigenvalue weighted by molar-refractivity contribution is 5.68. The third kappa shape index (κ3) is 2.55. The van der Waals surface area contributed by atoms with Gasteiger partial charge in [0.15, 0.2) is 0 Å². The molecule has 0 radical (unpaired) electrons. The first-order valence-corrected chi connectivity index (χ1v) is 4.87. The van der Waals surface area contributed by atoms with E-state index in [9.17, 15) is 0 Å². The third-order valence-corrected chi connectivity index (χ3v) is 2.27. The number of hydrogen-bond acceptors (Lipinski definition) is 3. The predicted octanol–water partition coefficient (Wildman–Crippen LogP) is 2.49. The van der Waals surface area contributed by atoms with E-state index in [0.29, 0.717) is 6.04 Å². The quantitative estimate of drug-likeness (QED) is 0.724. The second kappa shape index (κ2) is 4.74. The normalized spacial score (nSPS) is 12.2. The molecule has 3 N–H and O–H groups in total. The predicted molar refractivity (Wildman–Crippen MR) is 60.8 cm³/mol. The van der Waals surface area contributed by atoms with Crippen molar-refractivity contribution in [2.24, 2.45) is 0 Å². The van der Waals surface area contributed by atoms with E-state index < -0.39 is 0 Å². The molecule has 0 aliphatic heterocycles. The maximum absolute atomic E-state index is 5.86. The Morgan fingerprint density at radius 3 is 2.71 bits per heavy atom. The van der Waals surface area contributed by atoms with Crippen molar-refractivity contribution in [1.29, 1.82) is 0 Å². The van der Waals surface area contributed by atoms with Crippen LogP contribution in [0, 0.1) is 0 Å². The van der Waals surface area contributed by atoms with Crippen molar-refractivity contribution in [2.75, 3.05) is 18.2 Å². The topological polar surface area (TPSA) is 47.3 Å². The number of methoxy groups -OCH3 is 1. The van der Waals surface area contributed by atoms with E-state index in [-0.39, 0.29) is 0 Å². The molecular weight excluding hydrogens is 176 g/mol. The maximum atomic E-state index is 5.86. The van der Waals surface area contributed by atoms with Crippen LogP contribution in [0.25, 0.3) is 0 Å². The van der Waals surface area contributed by atoms with Crippen LogP contribution in [0.3, 0.4) is 0 Å². The largest absolute Gasteiger partial charge is 0.497 e. The molecule has 3 heteroatoms. The summed E-state index contributed by atoms with van der Waals surface area (Å²) >= 11 is 0. The summed E-state index contributed by atoms with van der Waals surface area (Å²) in [5.41, 5.74) is 7.56. The molecule has 1 atom stereocenters. The van der Waals surface area contributed by atoms with Gasteiger partial charge in [0.1, 0.15) is 5.75 Å². The zero-order chi connectivity index (χ0) is 10.6. The molecule has 0 fully saturated rings. The molecule has 0 saturated carbocycles. The smallest absolute Gasteiger partial charge is 0.121 e. The molecule has 0 saturated heterocycles. The highest BCUT2D eigenvalue weighted by Gasteiger charge is 2.03. The molecule has 0 aliphatic rings. The SMILES string of the molecule is CCC(C)Nc1ccc(OC)cc1N. The number of ether oxygens (including phenoxy) is 1. The number of nitrogens with two attached hydrogens (primary N) is 1. The zero-order valence-electron chi connectivity index (χ0n) is 9.00. The van der Waals surface area contributed by atoms with Crippen molar-refractivity contribution in [1.82, 2.24) is 0 Å². The van der Waals surface area contributed by atoms with Crippen LogP contribution in [0.2, 0.25) is 0 Å². The number of rotatable bonds is 4. The van der Waals surface area contributed by atoms with Gasteiger partial charge in [0.05, 0.1) is 18.5 Å². The number of anilines is 2. The van der Waals surface area contributed by atoms with Gasteiger partial charge in [0.2, 0.25) is 0 Å². The molecule has 0 aromatic heterocycles. The van der Waals surface area contributed by atoms with Gasteiger partial charge < -0.3 is 15.8 Å². The molecular formula is C11H18N2O. The Hall–Kier alpha value is -1.38. The van der Waals surface area contributed by atoms with Crippen LogP contribution in [0.1, 0.15) is 20.3 Å². The third-order valence-electron chi connectivity index (χ3n) is 2.27. The number of benzene rings is 1.